The van der Waals surface area contributed by atoms with Gasteiger partial charge < -0.3 is 11.1 Å². The minimum Gasteiger partial charge on any atom is -0.384 e. The molecule has 1 amide bonds. The molecule has 110 valence electrons. The quantitative estimate of drug-likeness (QED) is 0.875. The van der Waals surface area contributed by atoms with Crippen LogP contribution < -0.4 is 11.1 Å². The number of nitrogens with two attached hydrogens (primary N) is 1. The van der Waals surface area contributed by atoms with Crippen molar-refractivity contribution < 1.29 is 4.79 Å². The van der Waals surface area contributed by atoms with Gasteiger partial charge in [-0.15, -0.1) is 0 Å². The largest absolute Gasteiger partial charge is 0.384 e. The minimum absolute atomic E-state index is 0.0256. The molecule has 1 aliphatic carbocycles. The van der Waals surface area contributed by atoms with Gasteiger partial charge in [-0.05, 0) is 37.7 Å². The summed E-state index contributed by atoms with van der Waals surface area (Å²) in [5.41, 5.74) is 7.32. The molecule has 2 unspecified atom stereocenters. The fraction of sp³-hybridized carbons (Fsp3) is 0.600. The highest BCUT2D eigenvalue weighted by Crippen LogP contribution is 2.28. The van der Waals surface area contributed by atoms with E-state index in [2.05, 4.69) is 23.5 Å². The summed E-state index contributed by atoms with van der Waals surface area (Å²) in [6.07, 6.45) is 7.40. The van der Waals surface area contributed by atoms with E-state index in [1.807, 2.05) is 17.8 Å². The predicted molar refractivity (Wildman–Crippen MR) is 85.1 cm³/mol. The molecule has 0 aromatic carbocycles. The monoisotopic (exact) mass is 293 g/mol. The third-order valence-electron chi connectivity index (χ3n) is 3.74. The second kappa shape index (κ2) is 6.97. The molecule has 3 N–H and O–H groups in total. The lowest BCUT2D eigenvalue weighted by molar-refractivity contribution is 0.0938. The van der Waals surface area contributed by atoms with Crippen molar-refractivity contribution in [1.29, 1.82) is 0 Å². The highest BCUT2D eigenvalue weighted by Gasteiger charge is 2.28. The molecular weight excluding hydrogens is 270 g/mol. The Labute approximate surface area is 124 Å². The second-order valence-corrected chi connectivity index (χ2v) is 6.38. The topological polar surface area (TPSA) is 68.0 Å². The number of carbonyl (C=O) groups is 1. The molecule has 2 rings (SSSR count). The van der Waals surface area contributed by atoms with E-state index in [9.17, 15) is 4.79 Å². The zero-order chi connectivity index (χ0) is 14.5. The summed E-state index contributed by atoms with van der Waals surface area (Å²) in [4.78, 5) is 16.6. The van der Waals surface area contributed by atoms with Gasteiger partial charge in [-0.3, -0.25) is 4.79 Å². The van der Waals surface area contributed by atoms with Crippen LogP contribution >= 0.6 is 11.8 Å². The van der Waals surface area contributed by atoms with Gasteiger partial charge >= 0.3 is 0 Å². The number of thioether (sulfide) groups is 1. The number of nitrogens with one attached hydrogen (secondary N) is 1. The number of nitrogen functional groups attached to an aromatic ring is 1. The standard InChI is InChI=1S/C15H23N3OS/c1-3-5-11-8-10(9-14(16)17-11)15(19)18-12-6-4-7-13(12)20-2/h8-9,12-13H,3-7H2,1-2H3,(H2,16,17)(H,18,19). The third-order valence-corrected chi connectivity index (χ3v) is 4.91. The number of aryl methyl sites for hydroxylation is 1. The van der Waals surface area contributed by atoms with Crippen LogP contribution in [0.5, 0.6) is 0 Å². The van der Waals surface area contributed by atoms with E-state index < -0.39 is 0 Å². The van der Waals surface area contributed by atoms with Gasteiger partial charge in [-0.25, -0.2) is 4.98 Å². The maximum absolute atomic E-state index is 12.4. The normalized spacial score (nSPS) is 21.9. The van der Waals surface area contributed by atoms with Gasteiger partial charge in [0.05, 0.1) is 0 Å². The molecule has 0 spiro atoms. The Morgan fingerprint density at radius 1 is 1.50 bits per heavy atom. The maximum Gasteiger partial charge on any atom is 0.251 e. The summed E-state index contributed by atoms with van der Waals surface area (Å²) < 4.78 is 0. The van der Waals surface area contributed by atoms with Crippen molar-refractivity contribution in [1.82, 2.24) is 10.3 Å². The summed E-state index contributed by atoms with van der Waals surface area (Å²) in [6.45, 7) is 2.09. The summed E-state index contributed by atoms with van der Waals surface area (Å²) in [7, 11) is 0. The molecule has 0 radical (unpaired) electrons. The van der Waals surface area contributed by atoms with E-state index >= 15 is 0 Å². The molecule has 1 heterocycles. The number of anilines is 1. The lowest BCUT2D eigenvalue weighted by Crippen LogP contribution is -2.38. The Balaban J connectivity index is 2.08. The van der Waals surface area contributed by atoms with E-state index in [1.54, 1.807) is 6.07 Å². The van der Waals surface area contributed by atoms with Crippen molar-refractivity contribution in [3.05, 3.63) is 23.4 Å². The molecule has 0 saturated heterocycles. The first-order valence-electron chi connectivity index (χ1n) is 7.24. The molecular formula is C15H23N3OS. The number of hydrogen-bond donors (Lipinski definition) is 2. The Bertz CT molecular complexity index is 478. The molecule has 4 nitrogen and oxygen atoms in total. The molecule has 2 atom stereocenters. The number of amides is 1. The lowest BCUT2D eigenvalue weighted by atomic mass is 10.1. The van der Waals surface area contributed by atoms with Crippen LogP contribution in [0.1, 0.15) is 48.7 Å². The maximum atomic E-state index is 12.4. The average molecular weight is 293 g/mol. The van der Waals surface area contributed by atoms with Crippen molar-refractivity contribution in [3.63, 3.8) is 0 Å². The van der Waals surface area contributed by atoms with Gasteiger partial charge in [0.1, 0.15) is 5.82 Å². The van der Waals surface area contributed by atoms with Crippen LogP contribution in [0.15, 0.2) is 12.1 Å². The van der Waals surface area contributed by atoms with E-state index in [4.69, 9.17) is 5.73 Å². The number of hydrogen-bond acceptors (Lipinski definition) is 4. The molecule has 0 aliphatic heterocycles. The Hall–Kier alpha value is -1.23. The number of pyridine rings is 1. The zero-order valence-electron chi connectivity index (χ0n) is 12.2. The van der Waals surface area contributed by atoms with Gasteiger partial charge in [0.25, 0.3) is 5.91 Å². The Morgan fingerprint density at radius 3 is 3.00 bits per heavy atom. The van der Waals surface area contributed by atoms with Crippen LogP contribution in [0, 0.1) is 0 Å². The number of carbonyl (C=O) groups excluding carboxylic acids is 1. The van der Waals surface area contributed by atoms with Gasteiger partial charge in [0.2, 0.25) is 0 Å². The fourth-order valence-electron chi connectivity index (χ4n) is 2.75. The smallest absolute Gasteiger partial charge is 0.251 e. The molecule has 5 heteroatoms. The van der Waals surface area contributed by atoms with E-state index in [-0.39, 0.29) is 11.9 Å². The summed E-state index contributed by atoms with van der Waals surface area (Å²) in [5.74, 6) is 0.399. The third kappa shape index (κ3) is 3.66. The lowest BCUT2D eigenvalue weighted by Gasteiger charge is -2.19. The highest BCUT2D eigenvalue weighted by atomic mass is 32.2. The molecule has 1 aromatic heterocycles. The van der Waals surface area contributed by atoms with E-state index in [1.165, 1.54) is 12.8 Å². The molecule has 0 bridgehead atoms. The van der Waals surface area contributed by atoms with Crippen LogP contribution in [0.3, 0.4) is 0 Å². The number of nitrogens with zero attached hydrogens (tertiary/aromatic N) is 1. The van der Waals surface area contributed by atoms with Crippen molar-refractivity contribution in [3.8, 4) is 0 Å². The predicted octanol–water partition coefficient (Wildman–Crippen LogP) is 2.63. The van der Waals surface area contributed by atoms with Crippen molar-refractivity contribution >= 4 is 23.5 Å². The molecule has 1 aromatic rings. The summed E-state index contributed by atoms with van der Waals surface area (Å²) in [5, 5.41) is 3.69. The van der Waals surface area contributed by atoms with Crippen LogP contribution in [0.4, 0.5) is 5.82 Å². The Kier molecular flexibility index (Phi) is 5.29. The van der Waals surface area contributed by atoms with Gasteiger partial charge in [-0.1, -0.05) is 19.8 Å². The fourth-order valence-corrected chi connectivity index (χ4v) is 3.69. The first kappa shape index (κ1) is 15.2. The van der Waals surface area contributed by atoms with Crippen molar-refractivity contribution in [2.75, 3.05) is 12.0 Å². The molecule has 20 heavy (non-hydrogen) atoms. The minimum atomic E-state index is -0.0256. The molecule has 1 saturated carbocycles. The van der Waals surface area contributed by atoms with Crippen LogP contribution in [0.25, 0.3) is 0 Å². The van der Waals surface area contributed by atoms with Gasteiger partial charge in [0, 0.05) is 22.5 Å². The number of rotatable bonds is 5. The van der Waals surface area contributed by atoms with E-state index in [0.717, 1.165) is 25.0 Å². The average Bonchev–Trinajstić information content (AvgIpc) is 2.85. The summed E-state index contributed by atoms with van der Waals surface area (Å²) in [6, 6.07) is 3.80. The molecule has 1 fully saturated rings. The number of aromatic nitrogens is 1. The van der Waals surface area contributed by atoms with Crippen LogP contribution in [0.2, 0.25) is 0 Å². The van der Waals surface area contributed by atoms with Crippen molar-refractivity contribution in [2.45, 2.75) is 50.3 Å². The van der Waals surface area contributed by atoms with Crippen LogP contribution in [-0.4, -0.2) is 28.4 Å². The summed E-state index contributed by atoms with van der Waals surface area (Å²) >= 11 is 1.84. The van der Waals surface area contributed by atoms with Gasteiger partial charge in [-0.2, -0.15) is 11.8 Å². The second-order valence-electron chi connectivity index (χ2n) is 5.31. The highest BCUT2D eigenvalue weighted by molar-refractivity contribution is 7.99. The van der Waals surface area contributed by atoms with Crippen molar-refractivity contribution in [2.24, 2.45) is 0 Å². The SMILES string of the molecule is CCCc1cc(C(=O)NC2CCCC2SC)cc(N)n1. The first-order chi connectivity index (χ1) is 9.63. The zero-order valence-corrected chi connectivity index (χ0v) is 13.0. The Morgan fingerprint density at radius 2 is 2.30 bits per heavy atom. The molecule has 1 aliphatic rings. The first-order valence-corrected chi connectivity index (χ1v) is 8.53. The van der Waals surface area contributed by atoms with E-state index in [0.29, 0.717) is 16.6 Å². The van der Waals surface area contributed by atoms with Crippen LogP contribution in [-0.2, 0) is 6.42 Å². The van der Waals surface area contributed by atoms with Gasteiger partial charge in [0.15, 0.2) is 0 Å².